The second-order valence-corrected chi connectivity index (χ2v) is 4.60. The Morgan fingerprint density at radius 1 is 1.38 bits per heavy atom. The standard InChI is InChI=1S/C10H16O3/c1-9(2)10(3,13-9)8(11)12-7-5-4-6-7/h7H,4-6H2,1-3H3. The van der Waals surface area contributed by atoms with Gasteiger partial charge in [0.2, 0.25) is 0 Å². The van der Waals surface area contributed by atoms with Gasteiger partial charge in [0.1, 0.15) is 11.7 Å². The van der Waals surface area contributed by atoms with Gasteiger partial charge < -0.3 is 9.47 Å². The van der Waals surface area contributed by atoms with Crippen molar-refractivity contribution in [2.45, 2.75) is 57.3 Å². The van der Waals surface area contributed by atoms with Gasteiger partial charge in [-0.25, -0.2) is 4.79 Å². The fourth-order valence-corrected chi connectivity index (χ4v) is 1.52. The van der Waals surface area contributed by atoms with Crippen LogP contribution in [0.25, 0.3) is 0 Å². The lowest BCUT2D eigenvalue weighted by molar-refractivity contribution is -0.158. The molecule has 1 unspecified atom stereocenters. The van der Waals surface area contributed by atoms with Crippen molar-refractivity contribution in [3.8, 4) is 0 Å². The second kappa shape index (κ2) is 2.47. The van der Waals surface area contributed by atoms with E-state index in [0.717, 1.165) is 12.8 Å². The zero-order chi connectivity index (χ0) is 9.69. The molecule has 3 heteroatoms. The quantitative estimate of drug-likeness (QED) is 0.484. The first kappa shape index (κ1) is 9.00. The number of ether oxygens (including phenoxy) is 2. The van der Waals surface area contributed by atoms with Crippen LogP contribution < -0.4 is 0 Å². The Hall–Kier alpha value is -0.570. The van der Waals surface area contributed by atoms with E-state index in [1.165, 1.54) is 6.42 Å². The SMILES string of the molecule is CC1(C)OC1(C)C(=O)OC1CCC1. The third-order valence-corrected chi connectivity index (χ3v) is 3.28. The molecule has 0 N–H and O–H groups in total. The predicted molar refractivity (Wildman–Crippen MR) is 47.3 cm³/mol. The van der Waals surface area contributed by atoms with Crippen molar-refractivity contribution in [2.24, 2.45) is 0 Å². The maximum atomic E-state index is 11.6. The zero-order valence-corrected chi connectivity index (χ0v) is 8.42. The fourth-order valence-electron chi connectivity index (χ4n) is 1.52. The van der Waals surface area contributed by atoms with E-state index in [4.69, 9.17) is 9.47 Å². The molecule has 0 spiro atoms. The molecule has 0 radical (unpaired) electrons. The monoisotopic (exact) mass is 184 g/mol. The number of esters is 1. The molecule has 74 valence electrons. The number of hydrogen-bond donors (Lipinski definition) is 0. The van der Waals surface area contributed by atoms with E-state index in [-0.39, 0.29) is 17.7 Å². The van der Waals surface area contributed by atoms with Crippen molar-refractivity contribution >= 4 is 5.97 Å². The summed E-state index contributed by atoms with van der Waals surface area (Å²) in [5, 5.41) is 0. The molecule has 0 bridgehead atoms. The van der Waals surface area contributed by atoms with E-state index in [2.05, 4.69) is 0 Å². The summed E-state index contributed by atoms with van der Waals surface area (Å²) >= 11 is 0. The van der Waals surface area contributed by atoms with Crippen molar-refractivity contribution in [1.29, 1.82) is 0 Å². The van der Waals surface area contributed by atoms with Gasteiger partial charge in [-0.1, -0.05) is 0 Å². The number of rotatable bonds is 2. The first-order valence-electron chi connectivity index (χ1n) is 4.87. The number of carbonyl (C=O) groups excluding carboxylic acids is 1. The topological polar surface area (TPSA) is 38.8 Å². The maximum Gasteiger partial charge on any atom is 0.341 e. The number of epoxide rings is 1. The van der Waals surface area contributed by atoms with Gasteiger partial charge in [0.25, 0.3) is 0 Å². The summed E-state index contributed by atoms with van der Waals surface area (Å²) in [7, 11) is 0. The molecule has 0 amide bonds. The van der Waals surface area contributed by atoms with E-state index in [0.29, 0.717) is 0 Å². The third-order valence-electron chi connectivity index (χ3n) is 3.28. The summed E-state index contributed by atoms with van der Waals surface area (Å²) in [4.78, 5) is 11.6. The molecule has 1 heterocycles. The average molecular weight is 184 g/mol. The van der Waals surface area contributed by atoms with Crippen LogP contribution in [0.4, 0.5) is 0 Å². The minimum atomic E-state index is -0.692. The van der Waals surface area contributed by atoms with E-state index in [9.17, 15) is 4.79 Å². The normalized spacial score (nSPS) is 36.5. The molecule has 1 saturated carbocycles. The molecule has 0 aromatic rings. The smallest absolute Gasteiger partial charge is 0.341 e. The van der Waals surface area contributed by atoms with Crippen LogP contribution >= 0.6 is 0 Å². The lowest BCUT2D eigenvalue weighted by atomic mass is 9.95. The molecule has 0 aromatic heterocycles. The van der Waals surface area contributed by atoms with Crippen LogP contribution in [0.5, 0.6) is 0 Å². The molecule has 2 rings (SSSR count). The summed E-state index contributed by atoms with van der Waals surface area (Å²) in [6.07, 6.45) is 3.37. The van der Waals surface area contributed by atoms with Crippen LogP contribution in [0.3, 0.4) is 0 Å². The van der Waals surface area contributed by atoms with Gasteiger partial charge in [0.05, 0.1) is 0 Å². The highest BCUT2D eigenvalue weighted by Crippen LogP contribution is 2.48. The van der Waals surface area contributed by atoms with Crippen molar-refractivity contribution in [3.63, 3.8) is 0 Å². The zero-order valence-electron chi connectivity index (χ0n) is 8.42. The van der Waals surface area contributed by atoms with Crippen LogP contribution in [0.15, 0.2) is 0 Å². The Bertz CT molecular complexity index is 243. The first-order chi connectivity index (χ1) is 5.96. The van der Waals surface area contributed by atoms with Crippen molar-refractivity contribution in [1.82, 2.24) is 0 Å². The maximum absolute atomic E-state index is 11.6. The Kier molecular flexibility index (Phi) is 1.71. The molecule has 2 aliphatic rings. The summed E-state index contributed by atoms with van der Waals surface area (Å²) in [6.45, 7) is 5.62. The highest BCUT2D eigenvalue weighted by atomic mass is 16.7. The molecule has 13 heavy (non-hydrogen) atoms. The molecular formula is C10H16O3. The summed E-state index contributed by atoms with van der Waals surface area (Å²) in [5.74, 6) is -0.192. The first-order valence-corrected chi connectivity index (χ1v) is 4.87. The van der Waals surface area contributed by atoms with Crippen molar-refractivity contribution in [3.05, 3.63) is 0 Å². The van der Waals surface area contributed by atoms with E-state index >= 15 is 0 Å². The van der Waals surface area contributed by atoms with Crippen molar-refractivity contribution in [2.75, 3.05) is 0 Å². The van der Waals surface area contributed by atoms with Gasteiger partial charge in [-0.15, -0.1) is 0 Å². The molecule has 1 atom stereocenters. The molecule has 1 saturated heterocycles. The van der Waals surface area contributed by atoms with Crippen LogP contribution in [-0.2, 0) is 14.3 Å². The fraction of sp³-hybridized carbons (Fsp3) is 0.900. The van der Waals surface area contributed by atoms with E-state index in [1.54, 1.807) is 6.92 Å². The minimum Gasteiger partial charge on any atom is -0.460 e. The molecular weight excluding hydrogens is 168 g/mol. The summed E-state index contributed by atoms with van der Waals surface area (Å²) < 4.78 is 10.6. The average Bonchev–Trinajstić information content (AvgIpc) is 2.44. The van der Waals surface area contributed by atoms with Crippen LogP contribution in [0, 0.1) is 0 Å². The number of hydrogen-bond acceptors (Lipinski definition) is 3. The highest BCUT2D eigenvalue weighted by Gasteiger charge is 2.67. The lowest BCUT2D eigenvalue weighted by Gasteiger charge is -2.26. The molecule has 0 aromatic carbocycles. The number of carbonyl (C=O) groups is 1. The Labute approximate surface area is 78.4 Å². The van der Waals surface area contributed by atoms with E-state index in [1.807, 2.05) is 13.8 Å². The molecule has 1 aliphatic carbocycles. The lowest BCUT2D eigenvalue weighted by Crippen LogP contribution is -2.35. The molecule has 2 fully saturated rings. The Balaban J connectivity index is 1.91. The van der Waals surface area contributed by atoms with Crippen LogP contribution in [-0.4, -0.2) is 23.3 Å². The van der Waals surface area contributed by atoms with Crippen molar-refractivity contribution < 1.29 is 14.3 Å². The largest absolute Gasteiger partial charge is 0.460 e. The van der Waals surface area contributed by atoms with Gasteiger partial charge in [-0.3, -0.25) is 0 Å². The predicted octanol–water partition coefficient (Wildman–Crippen LogP) is 1.65. The minimum absolute atomic E-state index is 0.157. The van der Waals surface area contributed by atoms with Gasteiger partial charge in [-0.05, 0) is 40.0 Å². The highest BCUT2D eigenvalue weighted by molar-refractivity contribution is 5.84. The van der Waals surface area contributed by atoms with Crippen LogP contribution in [0.2, 0.25) is 0 Å². The van der Waals surface area contributed by atoms with Gasteiger partial charge >= 0.3 is 5.97 Å². The van der Waals surface area contributed by atoms with Gasteiger partial charge in [0.15, 0.2) is 5.60 Å². The van der Waals surface area contributed by atoms with Crippen LogP contribution in [0.1, 0.15) is 40.0 Å². The summed E-state index contributed by atoms with van der Waals surface area (Å²) in [5.41, 5.74) is -1.03. The third kappa shape index (κ3) is 1.26. The molecule has 3 nitrogen and oxygen atoms in total. The second-order valence-electron chi connectivity index (χ2n) is 4.60. The Morgan fingerprint density at radius 2 is 1.92 bits per heavy atom. The van der Waals surface area contributed by atoms with E-state index < -0.39 is 5.60 Å². The summed E-state index contributed by atoms with van der Waals surface area (Å²) in [6, 6.07) is 0. The van der Waals surface area contributed by atoms with Gasteiger partial charge in [0, 0.05) is 0 Å². The molecule has 1 aliphatic heterocycles. The van der Waals surface area contributed by atoms with Gasteiger partial charge in [-0.2, -0.15) is 0 Å². The Morgan fingerprint density at radius 3 is 2.23 bits per heavy atom.